The highest BCUT2D eigenvalue weighted by Gasteiger charge is 2.03. The molecule has 3 heteroatoms. The van der Waals surface area contributed by atoms with E-state index in [0.29, 0.717) is 0 Å². The molecule has 1 aromatic rings. The molecule has 0 atom stereocenters. The molecule has 0 unspecified atom stereocenters. The molecule has 74 valence electrons. The molecule has 0 aliphatic carbocycles. The number of hydrogen-bond donors (Lipinski definition) is 1. The van der Waals surface area contributed by atoms with Crippen molar-refractivity contribution in [1.29, 1.82) is 0 Å². The Morgan fingerprint density at radius 3 is 2.00 bits per heavy atom. The van der Waals surface area contributed by atoms with E-state index in [1.54, 1.807) is 0 Å². The standard InChI is InChI=1S/C9H13NOS.CH4/c1-6-4-7(2)9(12-11-10)8(3)5-6;/h4-5H,10H2,1-3H3;1H4. The largest absolute Gasteiger partial charge is 0.229 e. The molecule has 0 fully saturated rings. The van der Waals surface area contributed by atoms with Gasteiger partial charge in [0.1, 0.15) is 0 Å². The Bertz CT molecular complexity index is 263. The van der Waals surface area contributed by atoms with Crippen LogP contribution in [-0.2, 0) is 4.28 Å². The topological polar surface area (TPSA) is 35.2 Å². The summed E-state index contributed by atoms with van der Waals surface area (Å²) in [5, 5.41) is 0. The second kappa shape index (κ2) is 5.27. The van der Waals surface area contributed by atoms with E-state index in [1.807, 2.05) is 0 Å². The molecule has 0 aliphatic rings. The Morgan fingerprint density at radius 2 is 1.62 bits per heavy atom. The molecule has 13 heavy (non-hydrogen) atoms. The summed E-state index contributed by atoms with van der Waals surface area (Å²) in [7, 11) is 0. The number of hydrogen-bond acceptors (Lipinski definition) is 3. The Balaban J connectivity index is 0.00000144. The lowest BCUT2D eigenvalue weighted by atomic mass is 10.1. The van der Waals surface area contributed by atoms with Gasteiger partial charge in [-0.05, 0) is 31.9 Å². The van der Waals surface area contributed by atoms with Gasteiger partial charge >= 0.3 is 0 Å². The Labute approximate surface area is 84.6 Å². The van der Waals surface area contributed by atoms with E-state index < -0.39 is 0 Å². The van der Waals surface area contributed by atoms with Crippen molar-refractivity contribution < 1.29 is 4.28 Å². The van der Waals surface area contributed by atoms with Gasteiger partial charge in [0.25, 0.3) is 0 Å². The molecule has 0 spiro atoms. The van der Waals surface area contributed by atoms with Crippen LogP contribution in [-0.4, -0.2) is 0 Å². The van der Waals surface area contributed by atoms with Gasteiger partial charge in [-0.25, -0.2) is 10.2 Å². The highest BCUT2D eigenvalue weighted by molar-refractivity contribution is 7.94. The molecule has 2 nitrogen and oxygen atoms in total. The Hall–Kier alpha value is -0.510. The lowest BCUT2D eigenvalue weighted by Crippen LogP contribution is -1.92. The van der Waals surface area contributed by atoms with Gasteiger partial charge in [-0.3, -0.25) is 0 Å². The molecule has 0 heterocycles. The van der Waals surface area contributed by atoms with Gasteiger partial charge in [-0.2, -0.15) is 0 Å². The molecule has 0 saturated heterocycles. The maximum atomic E-state index is 5.00. The van der Waals surface area contributed by atoms with Crippen molar-refractivity contribution in [2.24, 2.45) is 5.90 Å². The van der Waals surface area contributed by atoms with Gasteiger partial charge in [-0.1, -0.05) is 25.1 Å². The van der Waals surface area contributed by atoms with E-state index >= 15 is 0 Å². The summed E-state index contributed by atoms with van der Waals surface area (Å²) in [6.07, 6.45) is 0. The summed E-state index contributed by atoms with van der Waals surface area (Å²) < 4.78 is 4.55. The Kier molecular flexibility index (Phi) is 5.06. The van der Waals surface area contributed by atoms with Crippen molar-refractivity contribution in [2.45, 2.75) is 33.1 Å². The fourth-order valence-corrected chi connectivity index (χ4v) is 1.82. The van der Waals surface area contributed by atoms with Gasteiger partial charge in [-0.15, -0.1) is 0 Å². The van der Waals surface area contributed by atoms with Gasteiger partial charge in [0, 0.05) is 4.90 Å². The second-order valence-corrected chi connectivity index (χ2v) is 3.67. The second-order valence-electron chi connectivity index (χ2n) is 2.91. The van der Waals surface area contributed by atoms with Crippen LogP contribution in [0.5, 0.6) is 0 Å². The van der Waals surface area contributed by atoms with Crippen LogP contribution in [0.1, 0.15) is 24.1 Å². The fourth-order valence-electron chi connectivity index (χ4n) is 1.35. The number of aryl methyl sites for hydroxylation is 3. The number of rotatable bonds is 2. The van der Waals surface area contributed by atoms with E-state index in [2.05, 4.69) is 37.2 Å². The van der Waals surface area contributed by atoms with Crippen molar-refractivity contribution in [3.8, 4) is 0 Å². The summed E-state index contributed by atoms with van der Waals surface area (Å²) in [6, 6.07) is 4.24. The van der Waals surface area contributed by atoms with Crippen molar-refractivity contribution in [1.82, 2.24) is 0 Å². The maximum absolute atomic E-state index is 5.00. The molecule has 0 aliphatic heterocycles. The van der Waals surface area contributed by atoms with Crippen LogP contribution in [0.4, 0.5) is 0 Å². The van der Waals surface area contributed by atoms with Crippen LogP contribution in [0.25, 0.3) is 0 Å². The highest BCUT2D eigenvalue weighted by Crippen LogP contribution is 2.26. The predicted octanol–water partition coefficient (Wildman–Crippen LogP) is 3.15. The molecule has 1 aromatic carbocycles. The summed E-state index contributed by atoms with van der Waals surface area (Å²) in [6.45, 7) is 6.19. The molecule has 0 aromatic heterocycles. The first-order valence-electron chi connectivity index (χ1n) is 3.76. The van der Waals surface area contributed by atoms with E-state index in [-0.39, 0.29) is 7.43 Å². The van der Waals surface area contributed by atoms with Gasteiger partial charge in [0.15, 0.2) is 0 Å². The minimum atomic E-state index is 0. The number of benzene rings is 1. The Morgan fingerprint density at radius 1 is 1.15 bits per heavy atom. The van der Waals surface area contributed by atoms with Crippen LogP contribution in [0.3, 0.4) is 0 Å². The molecular weight excluding hydrogens is 182 g/mol. The quantitative estimate of drug-likeness (QED) is 0.587. The van der Waals surface area contributed by atoms with Crippen molar-refractivity contribution >= 4 is 12.0 Å². The third-order valence-electron chi connectivity index (χ3n) is 1.74. The van der Waals surface area contributed by atoms with Gasteiger partial charge < -0.3 is 0 Å². The summed E-state index contributed by atoms with van der Waals surface area (Å²) >= 11 is 1.21. The zero-order valence-electron chi connectivity index (χ0n) is 7.55. The lowest BCUT2D eigenvalue weighted by molar-refractivity contribution is 0.398. The maximum Gasteiger partial charge on any atom is 0.0527 e. The van der Waals surface area contributed by atoms with Crippen molar-refractivity contribution in [2.75, 3.05) is 0 Å². The summed E-state index contributed by atoms with van der Waals surface area (Å²) in [4.78, 5) is 1.11. The lowest BCUT2D eigenvalue weighted by Gasteiger charge is -2.07. The zero-order chi connectivity index (χ0) is 9.14. The fraction of sp³-hybridized carbons (Fsp3) is 0.400. The summed E-state index contributed by atoms with van der Waals surface area (Å²) in [5.74, 6) is 5.00. The predicted molar refractivity (Wildman–Crippen MR) is 58.5 cm³/mol. The van der Waals surface area contributed by atoms with E-state index in [0.717, 1.165) is 4.90 Å². The molecule has 0 amide bonds. The van der Waals surface area contributed by atoms with Crippen LogP contribution in [0.2, 0.25) is 0 Å². The van der Waals surface area contributed by atoms with E-state index in [9.17, 15) is 0 Å². The molecule has 0 bridgehead atoms. The molecule has 2 N–H and O–H groups in total. The van der Waals surface area contributed by atoms with Crippen LogP contribution in [0, 0.1) is 20.8 Å². The van der Waals surface area contributed by atoms with Crippen LogP contribution >= 0.6 is 12.0 Å². The monoisotopic (exact) mass is 199 g/mol. The molecule has 0 saturated carbocycles. The van der Waals surface area contributed by atoms with Crippen molar-refractivity contribution in [3.05, 3.63) is 28.8 Å². The molecular formula is C10H17NOS. The van der Waals surface area contributed by atoms with Crippen LogP contribution < -0.4 is 5.90 Å². The first-order valence-corrected chi connectivity index (χ1v) is 4.50. The summed E-state index contributed by atoms with van der Waals surface area (Å²) in [5.41, 5.74) is 3.69. The number of nitrogens with two attached hydrogens (primary N) is 1. The molecule has 0 radical (unpaired) electrons. The zero-order valence-corrected chi connectivity index (χ0v) is 8.37. The SMILES string of the molecule is C.Cc1cc(C)c(SON)c(C)c1. The first-order chi connectivity index (χ1) is 5.65. The third kappa shape index (κ3) is 3.03. The van der Waals surface area contributed by atoms with E-state index in [4.69, 9.17) is 5.90 Å². The van der Waals surface area contributed by atoms with E-state index in [1.165, 1.54) is 28.7 Å². The third-order valence-corrected chi connectivity index (χ3v) is 2.64. The smallest absolute Gasteiger partial charge is 0.0527 e. The average molecular weight is 199 g/mol. The minimum absolute atomic E-state index is 0. The minimum Gasteiger partial charge on any atom is -0.229 e. The first kappa shape index (κ1) is 12.5. The van der Waals surface area contributed by atoms with Crippen LogP contribution in [0.15, 0.2) is 17.0 Å². The van der Waals surface area contributed by atoms with Gasteiger partial charge in [0.05, 0.1) is 12.0 Å². The van der Waals surface area contributed by atoms with Crippen molar-refractivity contribution in [3.63, 3.8) is 0 Å². The highest BCUT2D eigenvalue weighted by atomic mass is 32.2. The normalized spacial score (nSPS) is 9.54. The van der Waals surface area contributed by atoms with Gasteiger partial charge in [0.2, 0.25) is 0 Å². The average Bonchev–Trinajstić information content (AvgIpc) is 1.96. The molecule has 1 rings (SSSR count).